The molecule has 5 heterocycles. The first-order valence-corrected chi connectivity index (χ1v) is 18.3. The minimum atomic E-state index is -0.449. The highest BCUT2D eigenvalue weighted by atomic mass is 16.4. The molecule has 0 radical (unpaired) electrons. The number of pyridine rings is 2. The number of fused-ring (bicyclic) bond motifs is 3. The van der Waals surface area contributed by atoms with E-state index in [0.717, 1.165) is 83.1 Å². The molecular formula is C45H40N4O4. The molecule has 0 saturated heterocycles. The Morgan fingerprint density at radius 1 is 0.547 bits per heavy atom. The lowest BCUT2D eigenvalue weighted by atomic mass is 10.1. The standard InChI is InChI=1S/C45H40N4O4/c1-4-6-22-49(23-7-5-2)33-19-18-31-25-35(45(51)53-43(31)28-33)40-20-21-41(48(40)3)39-17-11-16-38(47-39)37-15-10-14-36(46-37)34-26-32-24-29-12-8-9-13-30(29)27-42(32)52-44(34)50/h8-21,24-28H,4-7,22-23H2,1-3H3. The molecule has 0 fully saturated rings. The van der Waals surface area contributed by atoms with E-state index in [1.165, 1.54) is 0 Å². The summed E-state index contributed by atoms with van der Waals surface area (Å²) in [6.45, 7) is 6.36. The number of nitrogens with zero attached hydrogens (tertiary/aromatic N) is 4. The summed E-state index contributed by atoms with van der Waals surface area (Å²) < 4.78 is 13.7. The van der Waals surface area contributed by atoms with Gasteiger partial charge in [-0.3, -0.25) is 0 Å². The highest BCUT2D eigenvalue weighted by Crippen LogP contribution is 2.31. The van der Waals surface area contributed by atoms with Crippen LogP contribution in [0.15, 0.2) is 134 Å². The Morgan fingerprint density at radius 3 is 1.85 bits per heavy atom. The Kier molecular flexibility index (Phi) is 9.19. The van der Waals surface area contributed by atoms with Crippen LogP contribution in [-0.2, 0) is 7.05 Å². The Hall–Kier alpha value is -6.28. The summed E-state index contributed by atoms with van der Waals surface area (Å²) >= 11 is 0. The molecule has 8 heteroatoms. The van der Waals surface area contributed by atoms with Crippen molar-refractivity contribution in [3.63, 3.8) is 0 Å². The zero-order chi connectivity index (χ0) is 36.5. The van der Waals surface area contributed by atoms with Crippen LogP contribution >= 0.6 is 0 Å². The van der Waals surface area contributed by atoms with Crippen LogP contribution in [0, 0.1) is 0 Å². The van der Waals surface area contributed by atoms with Gasteiger partial charge in [-0.15, -0.1) is 0 Å². The summed E-state index contributed by atoms with van der Waals surface area (Å²) in [6, 6.07) is 37.0. The SMILES string of the molecule is CCCCN(CCCC)c1ccc2cc(-c3ccc(-c4cccc(-c5cccc(-c6cc7cc8ccccc8cc7oc6=O)n5)n4)n3C)c(=O)oc2c1. The molecule has 5 aromatic heterocycles. The molecule has 0 aliphatic carbocycles. The number of rotatable bonds is 11. The Bertz CT molecular complexity index is 2730. The molecule has 0 unspecified atom stereocenters. The zero-order valence-corrected chi connectivity index (χ0v) is 30.1. The molecular weight excluding hydrogens is 661 g/mol. The second-order valence-electron chi connectivity index (χ2n) is 13.5. The van der Waals surface area contributed by atoms with Gasteiger partial charge in [-0.1, -0.05) is 63.1 Å². The first-order chi connectivity index (χ1) is 25.9. The largest absolute Gasteiger partial charge is 0.422 e. The smallest absolute Gasteiger partial charge is 0.345 e. The van der Waals surface area contributed by atoms with Crippen molar-refractivity contribution in [3.8, 4) is 45.3 Å². The van der Waals surface area contributed by atoms with Gasteiger partial charge in [0, 0.05) is 42.7 Å². The maximum absolute atomic E-state index is 13.5. The van der Waals surface area contributed by atoms with E-state index in [2.05, 4.69) is 24.8 Å². The third-order valence-electron chi connectivity index (χ3n) is 9.95. The number of hydrogen-bond donors (Lipinski definition) is 0. The zero-order valence-electron chi connectivity index (χ0n) is 30.1. The van der Waals surface area contributed by atoms with Crippen molar-refractivity contribution in [3.05, 3.63) is 136 Å². The number of aromatic nitrogens is 3. The van der Waals surface area contributed by atoms with Gasteiger partial charge in [-0.25, -0.2) is 19.6 Å². The quantitative estimate of drug-likeness (QED) is 0.0979. The lowest BCUT2D eigenvalue weighted by molar-refractivity contribution is 0.562. The molecule has 53 heavy (non-hydrogen) atoms. The minimum Gasteiger partial charge on any atom is -0.422 e. The van der Waals surface area contributed by atoms with E-state index in [9.17, 15) is 9.59 Å². The molecule has 3 aromatic carbocycles. The van der Waals surface area contributed by atoms with Crippen molar-refractivity contribution in [2.24, 2.45) is 7.05 Å². The van der Waals surface area contributed by atoms with E-state index in [1.807, 2.05) is 115 Å². The van der Waals surface area contributed by atoms with Gasteiger partial charge in [0.25, 0.3) is 0 Å². The molecule has 0 aliphatic rings. The van der Waals surface area contributed by atoms with Gasteiger partial charge >= 0.3 is 11.3 Å². The van der Waals surface area contributed by atoms with Crippen molar-refractivity contribution >= 4 is 38.4 Å². The van der Waals surface area contributed by atoms with Crippen LogP contribution in [0.2, 0.25) is 0 Å². The van der Waals surface area contributed by atoms with E-state index < -0.39 is 5.63 Å². The molecule has 8 aromatic rings. The van der Waals surface area contributed by atoms with E-state index in [1.54, 1.807) is 6.07 Å². The average molecular weight is 701 g/mol. The molecule has 8 nitrogen and oxygen atoms in total. The van der Waals surface area contributed by atoms with Gasteiger partial charge in [-0.05, 0) is 96.4 Å². The van der Waals surface area contributed by atoms with Crippen LogP contribution in [0.3, 0.4) is 0 Å². The van der Waals surface area contributed by atoms with Crippen molar-refractivity contribution in [1.82, 2.24) is 14.5 Å². The van der Waals surface area contributed by atoms with Crippen molar-refractivity contribution in [1.29, 1.82) is 0 Å². The van der Waals surface area contributed by atoms with Crippen LogP contribution in [0.25, 0.3) is 78.0 Å². The summed E-state index contributed by atoms with van der Waals surface area (Å²) in [5, 5.41) is 3.77. The summed E-state index contributed by atoms with van der Waals surface area (Å²) in [7, 11) is 1.92. The van der Waals surface area contributed by atoms with E-state index in [-0.39, 0.29) is 5.63 Å². The summed E-state index contributed by atoms with van der Waals surface area (Å²) in [5.74, 6) is 0. The molecule has 0 bridgehead atoms. The topological polar surface area (TPSA) is 94.4 Å². The first-order valence-electron chi connectivity index (χ1n) is 18.3. The van der Waals surface area contributed by atoms with Gasteiger partial charge in [0.2, 0.25) is 0 Å². The lowest BCUT2D eigenvalue weighted by Crippen LogP contribution is -2.25. The van der Waals surface area contributed by atoms with Gasteiger partial charge in [-0.2, -0.15) is 0 Å². The minimum absolute atomic E-state index is 0.383. The molecule has 0 amide bonds. The number of anilines is 1. The third-order valence-corrected chi connectivity index (χ3v) is 9.95. The molecule has 0 N–H and O–H groups in total. The second-order valence-corrected chi connectivity index (χ2v) is 13.5. The van der Waals surface area contributed by atoms with Crippen LogP contribution in [0.1, 0.15) is 39.5 Å². The van der Waals surface area contributed by atoms with E-state index in [0.29, 0.717) is 39.4 Å². The maximum Gasteiger partial charge on any atom is 0.345 e. The van der Waals surface area contributed by atoms with Crippen molar-refractivity contribution in [2.45, 2.75) is 39.5 Å². The predicted octanol–water partition coefficient (Wildman–Crippen LogP) is 10.3. The van der Waals surface area contributed by atoms with Crippen molar-refractivity contribution < 1.29 is 8.83 Å². The highest BCUT2D eigenvalue weighted by Gasteiger charge is 2.17. The summed E-state index contributed by atoms with van der Waals surface area (Å²) in [6.07, 6.45) is 4.48. The van der Waals surface area contributed by atoms with Crippen LogP contribution in [0.5, 0.6) is 0 Å². The molecule has 0 spiro atoms. The lowest BCUT2D eigenvalue weighted by Gasteiger charge is -2.24. The highest BCUT2D eigenvalue weighted by molar-refractivity contribution is 5.96. The van der Waals surface area contributed by atoms with Crippen LogP contribution in [-0.4, -0.2) is 27.6 Å². The maximum atomic E-state index is 13.5. The summed E-state index contributed by atoms with van der Waals surface area (Å²) in [5.41, 5.74) is 6.29. The molecule has 0 saturated carbocycles. The number of unbranched alkanes of at least 4 members (excludes halogenated alkanes) is 2. The van der Waals surface area contributed by atoms with Gasteiger partial charge in [0.15, 0.2) is 0 Å². The average Bonchev–Trinajstić information content (AvgIpc) is 3.57. The third kappa shape index (κ3) is 6.64. The fraction of sp³-hybridized carbons (Fsp3) is 0.200. The molecule has 0 aliphatic heterocycles. The Morgan fingerprint density at radius 2 is 1.13 bits per heavy atom. The Balaban J connectivity index is 1.09. The monoisotopic (exact) mass is 700 g/mol. The Labute approximate surface area is 307 Å². The molecule has 8 rings (SSSR count). The van der Waals surface area contributed by atoms with E-state index in [4.69, 9.17) is 18.8 Å². The van der Waals surface area contributed by atoms with Crippen molar-refractivity contribution in [2.75, 3.05) is 18.0 Å². The fourth-order valence-electron chi connectivity index (χ4n) is 7.02. The fourth-order valence-corrected chi connectivity index (χ4v) is 7.02. The van der Waals surface area contributed by atoms with Crippen LogP contribution < -0.4 is 16.2 Å². The van der Waals surface area contributed by atoms with Crippen LogP contribution in [0.4, 0.5) is 5.69 Å². The number of benzene rings is 3. The molecule has 0 atom stereocenters. The normalized spacial score (nSPS) is 11.5. The van der Waals surface area contributed by atoms with Gasteiger partial charge in [0.1, 0.15) is 11.2 Å². The number of hydrogen-bond acceptors (Lipinski definition) is 7. The van der Waals surface area contributed by atoms with E-state index >= 15 is 0 Å². The van der Waals surface area contributed by atoms with Gasteiger partial charge in [0.05, 0.1) is 45.3 Å². The van der Waals surface area contributed by atoms with Gasteiger partial charge < -0.3 is 18.3 Å². The first kappa shape index (κ1) is 33.8. The molecule has 264 valence electrons. The second kappa shape index (κ2) is 14.4. The summed E-state index contributed by atoms with van der Waals surface area (Å²) in [4.78, 5) is 38.8. The predicted molar refractivity (Wildman–Crippen MR) is 214 cm³/mol.